The van der Waals surface area contributed by atoms with Gasteiger partial charge in [0, 0.05) is 0 Å². The first kappa shape index (κ1) is 22.7. The van der Waals surface area contributed by atoms with E-state index in [0.717, 1.165) is 6.04 Å². The van der Waals surface area contributed by atoms with Crippen molar-refractivity contribution >= 4 is 33.8 Å². The van der Waals surface area contributed by atoms with Gasteiger partial charge in [-0.1, -0.05) is 33.1 Å². The molecule has 0 spiro atoms. The maximum absolute atomic E-state index is 6.70. The molecule has 0 rings (SSSR count). The first-order chi connectivity index (χ1) is 9.74. The molecule has 0 heterocycles. The number of hydrogen-bond acceptors (Lipinski definition) is 3. The lowest BCUT2D eigenvalue weighted by Gasteiger charge is -2.41. The van der Waals surface area contributed by atoms with E-state index in [-0.39, 0.29) is 0 Å². The van der Waals surface area contributed by atoms with Crippen molar-refractivity contribution in [3.63, 3.8) is 0 Å². The van der Waals surface area contributed by atoms with Crippen molar-refractivity contribution in [2.75, 3.05) is 0 Å². The van der Waals surface area contributed by atoms with Crippen molar-refractivity contribution in [2.45, 2.75) is 97.6 Å². The molecule has 0 aromatic heterocycles. The zero-order valence-electron chi connectivity index (χ0n) is 16.8. The normalized spacial score (nSPS) is 16.6. The van der Waals surface area contributed by atoms with Gasteiger partial charge in [0.1, 0.15) is 0 Å². The van der Waals surface area contributed by atoms with Crippen LogP contribution in [0.4, 0.5) is 0 Å². The van der Waals surface area contributed by atoms with Crippen LogP contribution in [-0.2, 0) is 12.3 Å². The Bertz CT molecular complexity index is 329. The van der Waals surface area contributed by atoms with Crippen LogP contribution in [0.15, 0.2) is 0 Å². The molecule has 0 saturated carbocycles. The summed E-state index contributed by atoms with van der Waals surface area (Å²) in [6, 6.07) is 2.24. The third-order valence-corrected chi connectivity index (χ3v) is 18.4. The molecule has 0 saturated heterocycles. The molecule has 0 radical (unpaired) electrons. The van der Waals surface area contributed by atoms with E-state index in [9.17, 15) is 0 Å². The molecule has 0 fully saturated rings. The Morgan fingerprint density at radius 3 is 1.64 bits per heavy atom. The molecule has 0 aliphatic carbocycles. The van der Waals surface area contributed by atoms with Gasteiger partial charge in [0.2, 0.25) is 0 Å². The fourth-order valence-electron chi connectivity index (χ4n) is 2.88. The molecule has 134 valence electrons. The number of rotatable bonds is 11. The first-order valence-corrected chi connectivity index (χ1v) is 20.7. The Morgan fingerprint density at radius 1 is 0.682 bits per heavy atom. The van der Waals surface area contributed by atoms with Gasteiger partial charge in [-0.2, -0.15) is 0 Å². The summed E-state index contributed by atoms with van der Waals surface area (Å²) in [6.07, 6.45) is 3.87. The molecule has 0 aromatic carbocycles. The van der Waals surface area contributed by atoms with Gasteiger partial charge in [0.05, 0.1) is 0 Å². The van der Waals surface area contributed by atoms with Gasteiger partial charge in [-0.25, -0.2) is 0 Å². The van der Waals surface area contributed by atoms with Crippen molar-refractivity contribution in [2.24, 2.45) is 0 Å². The Hall–Kier alpha value is 0.748. The summed E-state index contributed by atoms with van der Waals surface area (Å²) in [5.74, 6) is 0. The number of hydrogen-bond donors (Lipinski definition) is 0. The predicted molar refractivity (Wildman–Crippen MR) is 108 cm³/mol. The molecular weight excluding hydrogens is 341 g/mol. The third kappa shape index (κ3) is 10.5. The molecule has 0 N–H and O–H groups in total. The Kier molecular flexibility index (Phi) is 9.03. The molecule has 0 aliphatic rings. The van der Waals surface area contributed by atoms with E-state index < -0.39 is 33.8 Å². The Balaban J connectivity index is 4.82. The highest BCUT2D eigenvalue weighted by atomic mass is 28.5. The minimum Gasteiger partial charge on any atom is -0.437 e. The largest absolute Gasteiger partial charge is 0.437 e. The predicted octanol–water partition coefficient (Wildman–Crippen LogP) is 6.06. The van der Waals surface area contributed by atoms with E-state index in [1.807, 2.05) is 0 Å². The molecule has 1 unspecified atom stereocenters. The summed E-state index contributed by atoms with van der Waals surface area (Å²) in [4.78, 5) is 0. The molecule has 0 bridgehead atoms. The van der Waals surface area contributed by atoms with E-state index >= 15 is 0 Å². The monoisotopic (exact) mass is 380 g/mol. The Morgan fingerprint density at radius 2 is 1.23 bits per heavy atom. The van der Waals surface area contributed by atoms with Crippen molar-refractivity contribution < 1.29 is 12.3 Å². The molecule has 0 amide bonds. The molecule has 1 atom stereocenters. The molecule has 0 aromatic rings. The van der Waals surface area contributed by atoms with Gasteiger partial charge in [-0.05, 0) is 64.5 Å². The molecule has 7 heteroatoms. The number of unbranched alkanes of at least 4 members (excludes halogenated alkanes) is 2. The van der Waals surface area contributed by atoms with Crippen LogP contribution in [0.2, 0.25) is 64.5 Å². The van der Waals surface area contributed by atoms with Gasteiger partial charge in [0.25, 0.3) is 0 Å². The summed E-state index contributed by atoms with van der Waals surface area (Å²) in [6.45, 7) is 22.5. The second-order valence-electron chi connectivity index (χ2n) is 8.52. The smallest absolute Gasteiger partial charge is 0.315 e. The van der Waals surface area contributed by atoms with Gasteiger partial charge in [0.15, 0.2) is 16.6 Å². The molecule has 0 aliphatic heterocycles. The van der Waals surface area contributed by atoms with E-state index in [1.54, 1.807) is 0 Å². The quantitative estimate of drug-likeness (QED) is 0.322. The average molecular weight is 381 g/mol. The summed E-state index contributed by atoms with van der Waals surface area (Å²) < 4.78 is 19.7. The third-order valence-electron chi connectivity index (χ3n) is 3.53. The fourth-order valence-corrected chi connectivity index (χ4v) is 21.4. The average Bonchev–Trinajstić information content (AvgIpc) is 2.23. The van der Waals surface area contributed by atoms with Crippen LogP contribution in [0.3, 0.4) is 0 Å². The van der Waals surface area contributed by atoms with Gasteiger partial charge < -0.3 is 12.3 Å². The van der Waals surface area contributed by atoms with Gasteiger partial charge >= 0.3 is 17.1 Å². The van der Waals surface area contributed by atoms with E-state index in [0.29, 0.717) is 0 Å². The van der Waals surface area contributed by atoms with Gasteiger partial charge in [-0.3, -0.25) is 0 Å². The van der Waals surface area contributed by atoms with Crippen molar-refractivity contribution in [3.8, 4) is 0 Å². The maximum atomic E-state index is 6.70. The van der Waals surface area contributed by atoms with E-state index in [2.05, 4.69) is 66.2 Å². The van der Waals surface area contributed by atoms with Crippen molar-refractivity contribution in [1.29, 1.82) is 0 Å². The highest BCUT2D eigenvalue weighted by molar-refractivity contribution is 6.89. The van der Waals surface area contributed by atoms with Crippen LogP contribution >= 0.6 is 0 Å². The van der Waals surface area contributed by atoms with Gasteiger partial charge in [-0.15, -0.1) is 0 Å². The molecular formula is C15H40O3Si4. The highest BCUT2D eigenvalue weighted by Crippen LogP contribution is 2.28. The van der Waals surface area contributed by atoms with Crippen LogP contribution < -0.4 is 0 Å². The summed E-state index contributed by atoms with van der Waals surface area (Å²) in [7, 11) is -7.46. The maximum Gasteiger partial charge on any atom is 0.315 e. The van der Waals surface area contributed by atoms with Crippen molar-refractivity contribution in [1.82, 2.24) is 0 Å². The summed E-state index contributed by atoms with van der Waals surface area (Å²) in [5, 5.41) is 0. The first-order valence-electron chi connectivity index (χ1n) is 8.85. The fraction of sp³-hybridized carbons (Fsp3) is 1.00. The van der Waals surface area contributed by atoms with Crippen LogP contribution in [0.25, 0.3) is 0 Å². The van der Waals surface area contributed by atoms with E-state index in [1.165, 1.54) is 25.3 Å². The topological polar surface area (TPSA) is 27.7 Å². The van der Waals surface area contributed by atoms with E-state index in [4.69, 9.17) is 12.3 Å². The van der Waals surface area contributed by atoms with Crippen LogP contribution in [0.5, 0.6) is 0 Å². The SMILES string of the molecule is CCCCC[Si](C)(C)O[Si](C)(CC)O[Si](C)(C)O[Si](C)(C)C. The van der Waals surface area contributed by atoms with Crippen molar-refractivity contribution in [3.05, 3.63) is 0 Å². The minimum absolute atomic E-state index is 1.00. The standard InChI is InChI=1S/C15H40O3Si4/c1-11-13-14-15-20(6,7)17-22(10,12-2)18-21(8,9)16-19(3,4)5/h11-15H2,1-10H3. The molecule has 3 nitrogen and oxygen atoms in total. The van der Waals surface area contributed by atoms with Crippen LogP contribution in [0, 0.1) is 0 Å². The highest BCUT2D eigenvalue weighted by Gasteiger charge is 2.44. The second kappa shape index (κ2) is 8.73. The lowest BCUT2D eigenvalue weighted by Crippen LogP contribution is -2.57. The zero-order chi connectivity index (χ0) is 17.7. The van der Waals surface area contributed by atoms with Crippen LogP contribution in [0.1, 0.15) is 33.1 Å². The molecule has 22 heavy (non-hydrogen) atoms. The zero-order valence-corrected chi connectivity index (χ0v) is 20.8. The lowest BCUT2D eigenvalue weighted by molar-refractivity contribution is 0.323. The summed E-state index contributed by atoms with van der Waals surface area (Å²) >= 11 is 0. The Labute approximate surface area is 143 Å². The van der Waals surface area contributed by atoms with Crippen LogP contribution in [-0.4, -0.2) is 33.8 Å². The minimum atomic E-state index is -2.13. The lowest BCUT2D eigenvalue weighted by atomic mass is 10.3. The second-order valence-corrected chi connectivity index (χ2v) is 25.0. The summed E-state index contributed by atoms with van der Waals surface area (Å²) in [5.41, 5.74) is 0.